The van der Waals surface area contributed by atoms with Crippen molar-refractivity contribution >= 4 is 28.0 Å². The number of fused-ring (bicyclic) bond motifs is 1. The molecule has 1 aromatic heterocycles. The van der Waals surface area contributed by atoms with Crippen molar-refractivity contribution in [3.05, 3.63) is 96.5 Å². The molecule has 3 aromatic rings. The van der Waals surface area contributed by atoms with Crippen molar-refractivity contribution in [3.8, 4) is 0 Å². The lowest BCUT2D eigenvalue weighted by Gasteiger charge is -2.18. The average molecular weight is 427 g/mol. The maximum absolute atomic E-state index is 4.49. The molecule has 32 heavy (non-hydrogen) atoms. The molecule has 4 nitrogen and oxygen atoms in total. The summed E-state index contributed by atoms with van der Waals surface area (Å²) in [5.74, 6) is 1.61. The zero-order valence-corrected chi connectivity index (χ0v) is 19.8. The molecule has 4 heteroatoms. The van der Waals surface area contributed by atoms with Crippen molar-refractivity contribution in [3.63, 3.8) is 0 Å². The number of benzene rings is 2. The van der Waals surface area contributed by atoms with Crippen LogP contribution in [-0.2, 0) is 0 Å². The Morgan fingerprint density at radius 3 is 2.28 bits per heavy atom. The average Bonchev–Trinajstić information content (AvgIpc) is 3.37. The van der Waals surface area contributed by atoms with Crippen molar-refractivity contribution in [1.82, 2.24) is 10.3 Å². The maximum Gasteiger partial charge on any atom is 0.126 e. The Hall–Kier alpha value is -3.53. The Kier molecular flexibility index (Phi) is 7.04. The predicted octanol–water partition coefficient (Wildman–Crippen LogP) is 7.05. The van der Waals surface area contributed by atoms with Crippen molar-refractivity contribution in [2.24, 2.45) is 10.4 Å². The van der Waals surface area contributed by atoms with Crippen LogP contribution in [0.25, 0.3) is 16.5 Å². The van der Waals surface area contributed by atoms with Gasteiger partial charge in [-0.05, 0) is 66.1 Å². The summed E-state index contributed by atoms with van der Waals surface area (Å²) in [6.07, 6.45) is 2.11. The van der Waals surface area contributed by atoms with Crippen LogP contribution in [0.2, 0.25) is 0 Å². The molecule has 2 heterocycles. The van der Waals surface area contributed by atoms with E-state index < -0.39 is 0 Å². The Balaban J connectivity index is 0.000000204. The number of nitrogens with zero attached hydrogens (tertiary/aromatic N) is 1. The van der Waals surface area contributed by atoms with Gasteiger partial charge in [0.25, 0.3) is 0 Å². The van der Waals surface area contributed by atoms with Gasteiger partial charge in [0, 0.05) is 16.9 Å². The molecule has 0 spiro atoms. The van der Waals surface area contributed by atoms with Gasteiger partial charge in [0.1, 0.15) is 11.7 Å². The zero-order valence-electron chi connectivity index (χ0n) is 19.8. The molecule has 0 saturated heterocycles. The highest BCUT2D eigenvalue weighted by atomic mass is 15.1. The first-order valence-corrected chi connectivity index (χ1v) is 10.9. The molecule has 166 valence electrons. The second kappa shape index (κ2) is 9.73. The van der Waals surface area contributed by atoms with E-state index >= 15 is 0 Å². The lowest BCUT2D eigenvalue weighted by Crippen LogP contribution is -2.24. The summed E-state index contributed by atoms with van der Waals surface area (Å²) in [5.41, 5.74) is 7.14. The van der Waals surface area contributed by atoms with E-state index in [0.717, 1.165) is 35.2 Å². The number of rotatable bonds is 4. The molecule has 0 unspecified atom stereocenters. The fourth-order valence-electron chi connectivity index (χ4n) is 3.26. The van der Waals surface area contributed by atoms with Crippen LogP contribution in [0.1, 0.15) is 39.0 Å². The molecular formula is C28H34N4. The largest absolute Gasteiger partial charge is 0.355 e. The first kappa shape index (κ1) is 23.1. The van der Waals surface area contributed by atoms with E-state index in [1.165, 1.54) is 22.0 Å². The molecular weight excluding hydrogens is 392 g/mol. The Morgan fingerprint density at radius 1 is 1.00 bits per heavy atom. The molecule has 4 rings (SSSR count). The summed E-state index contributed by atoms with van der Waals surface area (Å²) < 4.78 is 0. The third kappa shape index (κ3) is 6.24. The first-order valence-electron chi connectivity index (χ1n) is 10.9. The maximum atomic E-state index is 4.49. The van der Waals surface area contributed by atoms with Crippen molar-refractivity contribution in [2.45, 2.75) is 34.6 Å². The van der Waals surface area contributed by atoms with Gasteiger partial charge in [-0.15, -0.1) is 0 Å². The van der Waals surface area contributed by atoms with Gasteiger partial charge < -0.3 is 15.6 Å². The number of H-pyrrole nitrogens is 1. The number of aromatic amines is 1. The summed E-state index contributed by atoms with van der Waals surface area (Å²) in [6, 6.07) is 18.6. The van der Waals surface area contributed by atoms with Crippen LogP contribution in [0, 0.1) is 12.3 Å². The van der Waals surface area contributed by atoms with Crippen molar-refractivity contribution < 1.29 is 0 Å². The number of amidine groups is 1. The second-order valence-electron chi connectivity index (χ2n) is 9.27. The van der Waals surface area contributed by atoms with Gasteiger partial charge in [-0.1, -0.05) is 69.8 Å². The minimum Gasteiger partial charge on any atom is -0.355 e. The number of allylic oxidation sites excluding steroid dienone is 1. The quantitative estimate of drug-likeness (QED) is 0.418. The Morgan fingerprint density at radius 2 is 1.69 bits per heavy atom. The van der Waals surface area contributed by atoms with Crippen molar-refractivity contribution in [2.75, 3.05) is 11.9 Å². The van der Waals surface area contributed by atoms with Gasteiger partial charge in [0.15, 0.2) is 0 Å². The van der Waals surface area contributed by atoms with E-state index in [0.29, 0.717) is 0 Å². The van der Waals surface area contributed by atoms with Crippen LogP contribution in [-0.4, -0.2) is 17.4 Å². The lowest BCUT2D eigenvalue weighted by atomic mass is 9.87. The van der Waals surface area contributed by atoms with E-state index in [1.807, 2.05) is 31.2 Å². The van der Waals surface area contributed by atoms with E-state index in [4.69, 9.17) is 0 Å². The number of hydrogen-bond donors (Lipinski definition) is 3. The Labute approximate surface area is 191 Å². The van der Waals surface area contributed by atoms with Gasteiger partial charge in [-0.2, -0.15) is 0 Å². The number of para-hydroxylation sites is 1. The highest BCUT2D eigenvalue weighted by molar-refractivity contribution is 5.97. The smallest absolute Gasteiger partial charge is 0.126 e. The summed E-state index contributed by atoms with van der Waals surface area (Å²) >= 11 is 0. The lowest BCUT2D eigenvalue weighted by molar-refractivity contribution is 0.499. The number of aliphatic imine (C=N–C) groups is 1. The summed E-state index contributed by atoms with van der Waals surface area (Å²) in [5, 5.41) is 7.69. The highest BCUT2D eigenvalue weighted by Crippen LogP contribution is 2.27. The molecule has 0 saturated carbocycles. The third-order valence-electron chi connectivity index (χ3n) is 5.31. The molecule has 1 aliphatic heterocycles. The molecule has 3 N–H and O–H groups in total. The number of hydrogen-bond acceptors (Lipinski definition) is 3. The van der Waals surface area contributed by atoms with Crippen LogP contribution in [0.5, 0.6) is 0 Å². The predicted molar refractivity (Wildman–Crippen MR) is 140 cm³/mol. The number of aromatic nitrogens is 1. The standard InChI is InChI=1S/C17H23N3.C11H11N/c1-12-6-8-15(9-7-12)19-13(2)20-16-10-14(11-18-16)17(3,4)5;1-8(2)11-7-9-5-3-4-6-10(9)12-11/h6-10,19H,2,11H2,1,3-5H3,(H,18,20);3-7,12H,1H2,2H3. The molecule has 0 amide bonds. The fraction of sp³-hybridized carbons (Fsp3) is 0.250. The number of aryl methyl sites for hydroxylation is 1. The van der Waals surface area contributed by atoms with Gasteiger partial charge in [-0.25, -0.2) is 0 Å². The molecule has 0 radical (unpaired) electrons. The molecule has 0 atom stereocenters. The highest BCUT2D eigenvalue weighted by Gasteiger charge is 2.20. The summed E-state index contributed by atoms with van der Waals surface area (Å²) in [4.78, 5) is 7.79. The Bertz CT molecular complexity index is 1140. The minimum absolute atomic E-state index is 0.165. The van der Waals surface area contributed by atoms with Crippen LogP contribution >= 0.6 is 0 Å². The second-order valence-corrected chi connectivity index (χ2v) is 9.27. The molecule has 1 aliphatic rings. The van der Waals surface area contributed by atoms with Crippen molar-refractivity contribution in [1.29, 1.82) is 0 Å². The minimum atomic E-state index is 0.165. The molecule has 0 bridgehead atoms. The summed E-state index contributed by atoms with van der Waals surface area (Å²) in [7, 11) is 0. The molecule has 0 fully saturated rings. The van der Waals surface area contributed by atoms with Crippen LogP contribution in [0.4, 0.5) is 5.69 Å². The summed E-state index contributed by atoms with van der Waals surface area (Å²) in [6.45, 7) is 19.3. The molecule has 2 aromatic carbocycles. The van der Waals surface area contributed by atoms with Crippen LogP contribution in [0.15, 0.2) is 90.2 Å². The first-order chi connectivity index (χ1) is 15.1. The van der Waals surface area contributed by atoms with E-state index in [1.54, 1.807) is 0 Å². The SMILES string of the molecule is C=C(C)c1cc2ccccc2[nH]1.C=C(NC1=NCC(C(C)(C)C)=C1)Nc1ccc(C)cc1. The zero-order chi connectivity index (χ0) is 23.3. The van der Waals surface area contributed by atoms with Gasteiger partial charge >= 0.3 is 0 Å². The normalized spacial score (nSPS) is 13.0. The third-order valence-corrected chi connectivity index (χ3v) is 5.31. The fourth-order valence-corrected chi connectivity index (χ4v) is 3.26. The van der Waals surface area contributed by atoms with Gasteiger partial charge in [0.2, 0.25) is 0 Å². The van der Waals surface area contributed by atoms with E-state index in [9.17, 15) is 0 Å². The topological polar surface area (TPSA) is 52.2 Å². The van der Waals surface area contributed by atoms with Gasteiger partial charge in [0.05, 0.1) is 6.54 Å². The van der Waals surface area contributed by atoms with Crippen LogP contribution in [0.3, 0.4) is 0 Å². The number of anilines is 1. The monoisotopic (exact) mass is 426 g/mol. The van der Waals surface area contributed by atoms with E-state index in [-0.39, 0.29) is 5.41 Å². The van der Waals surface area contributed by atoms with E-state index in [2.05, 4.69) is 97.9 Å². The van der Waals surface area contributed by atoms with Gasteiger partial charge in [-0.3, -0.25) is 4.99 Å². The molecule has 0 aliphatic carbocycles. The number of nitrogens with one attached hydrogen (secondary N) is 3. The van der Waals surface area contributed by atoms with Crippen LogP contribution < -0.4 is 10.6 Å².